The Labute approximate surface area is 593 Å². The summed E-state index contributed by atoms with van der Waals surface area (Å²) in [5.74, 6) is -0.232. The molecule has 0 saturated heterocycles. The van der Waals surface area contributed by atoms with Crippen LogP contribution in [0.5, 0.6) is 28.7 Å². The fourth-order valence-corrected chi connectivity index (χ4v) is 9.84. The molecular formula is C63H71BCl5F5NaO18S. The van der Waals surface area contributed by atoms with Gasteiger partial charge in [-0.25, -0.2) is 26.2 Å². The van der Waals surface area contributed by atoms with Gasteiger partial charge in [-0.15, -0.1) is 11.6 Å². The van der Waals surface area contributed by atoms with Crippen molar-refractivity contribution in [3.8, 4) is 28.7 Å². The molecule has 5 heterocycles. The van der Waals surface area contributed by atoms with E-state index in [2.05, 4.69) is 26.1 Å². The Balaban J connectivity index is 0.000000572. The predicted molar refractivity (Wildman–Crippen MR) is 339 cm³/mol. The number of methoxy groups -OCH3 is 1. The maximum atomic E-state index is 13.4. The normalized spacial score (nSPS) is 20.4. The molecule has 5 aromatic carbocycles. The summed E-state index contributed by atoms with van der Waals surface area (Å²) in [4.78, 5) is 54.0. The van der Waals surface area contributed by atoms with Gasteiger partial charge in [-0.05, 0) is 107 Å². The van der Waals surface area contributed by atoms with Crippen LogP contribution >= 0.6 is 56.2 Å². The Morgan fingerprint density at radius 2 is 0.840 bits per heavy atom. The van der Waals surface area contributed by atoms with Crippen LogP contribution in [0.3, 0.4) is 0 Å². The number of carbonyl (C=O) groups is 5. The van der Waals surface area contributed by atoms with E-state index < -0.39 is 59.9 Å². The second kappa shape index (κ2) is 38.1. The molecule has 5 atom stereocenters. The third-order valence-corrected chi connectivity index (χ3v) is 14.1. The summed E-state index contributed by atoms with van der Waals surface area (Å²) in [6.45, 7) is 14.5. The molecule has 0 aliphatic carbocycles. The minimum Gasteiger partial charge on any atom is -1.00 e. The number of esters is 4. The molecule has 0 saturated carbocycles. The van der Waals surface area contributed by atoms with Crippen LogP contribution < -0.4 is 53.2 Å². The van der Waals surface area contributed by atoms with Crippen LogP contribution in [-0.2, 0) is 96.7 Å². The van der Waals surface area contributed by atoms with Gasteiger partial charge >= 0.3 is 53.4 Å². The predicted octanol–water partition coefficient (Wildman–Crippen LogP) is 9.06. The first kappa shape index (κ1) is 84.9. The Hall–Kier alpha value is -5.16. The molecule has 5 aromatic rings. The molecule has 0 amide bonds. The number of benzene rings is 5. The van der Waals surface area contributed by atoms with E-state index in [0.717, 1.165) is 22.8 Å². The van der Waals surface area contributed by atoms with Crippen molar-refractivity contribution in [1.29, 1.82) is 0 Å². The average Bonchev–Trinajstić information content (AvgIpc) is 1.69. The third kappa shape index (κ3) is 27.0. The molecule has 94 heavy (non-hydrogen) atoms. The number of aliphatic hydroxyl groups is 2. The van der Waals surface area contributed by atoms with Crippen molar-refractivity contribution < 1.29 is 139 Å². The van der Waals surface area contributed by atoms with Crippen LogP contribution in [0.15, 0.2) is 72.8 Å². The number of fused-ring (bicyclic) bond motifs is 5. The Morgan fingerprint density at radius 3 is 1.18 bits per heavy atom. The van der Waals surface area contributed by atoms with Crippen molar-refractivity contribution in [2.24, 2.45) is 0 Å². The topological polar surface area (TPSA) is 235 Å². The maximum Gasteiger partial charge on any atom is 1.00 e. The quantitative estimate of drug-likeness (QED) is 0.0213. The minimum atomic E-state index is -1.67. The van der Waals surface area contributed by atoms with E-state index in [4.69, 9.17) is 86.8 Å². The second-order valence-electron chi connectivity index (χ2n) is 22.6. The van der Waals surface area contributed by atoms with Gasteiger partial charge < -0.3 is 59.0 Å². The average molecular weight is 1450 g/mol. The van der Waals surface area contributed by atoms with Gasteiger partial charge in [0, 0.05) is 136 Å². The summed E-state index contributed by atoms with van der Waals surface area (Å²) in [5, 5.41) is 17.6. The number of ether oxygens (including phenoxy) is 10. The van der Waals surface area contributed by atoms with Crippen LogP contribution in [0, 0.1) is 29.1 Å². The smallest absolute Gasteiger partial charge is 1.00 e. The molecule has 0 aromatic heterocycles. The Bertz CT molecular complexity index is 3370. The molecule has 0 fully saturated rings. The number of hydrogen-bond acceptors (Lipinski definition) is 18. The van der Waals surface area contributed by atoms with Gasteiger partial charge in [0.2, 0.25) is 14.2 Å². The largest absolute Gasteiger partial charge is 1.00 e. The van der Waals surface area contributed by atoms with E-state index in [9.17, 15) is 51.0 Å². The van der Waals surface area contributed by atoms with Gasteiger partial charge in [-0.1, -0.05) is 23.2 Å². The number of aldehydes is 1. The molecule has 10 rings (SSSR count). The molecule has 0 bridgehead atoms. The van der Waals surface area contributed by atoms with Crippen molar-refractivity contribution in [1.82, 2.24) is 0 Å². The molecule has 511 valence electrons. The molecule has 0 spiro atoms. The zero-order chi connectivity index (χ0) is 69.1. The van der Waals surface area contributed by atoms with Crippen LogP contribution in [0.25, 0.3) is 0 Å². The van der Waals surface area contributed by atoms with Crippen LogP contribution in [-0.4, -0.2) is 126 Å². The molecular weight excluding hydrogens is 1380 g/mol. The summed E-state index contributed by atoms with van der Waals surface area (Å²) in [6, 6.07) is 16.7. The number of hydrogen-bond donors (Lipinski definition) is 2. The van der Waals surface area contributed by atoms with Gasteiger partial charge in [0.1, 0.15) is 112 Å². The van der Waals surface area contributed by atoms with Gasteiger partial charge in [-0.2, -0.15) is 0 Å². The first-order chi connectivity index (χ1) is 42.9. The standard InChI is InChI=1S/C13H14ClFO3.C13H15FO4.C13H13FO4.C12H13FO3.C10H11FO2.C2H4Cl2O.B.Cl2OS.Na.H/c1-8(16)17-7-13(2)5-9-3-11(15)4-10(6-14)12(9)18-13;2*1-8(16)17-7-13(2)5-9-3-11(14)4-10(6-15)12(9)18-13;1-8(14)15-7-12(2)6-9-5-10(13)3-4-11(9)16-12;1-10(6-12)5-7-4-8(11)2-3-9(7)13-10;1-5-2(3)4;;1-4(2)3;;/h3-4H,5-7H2,1-2H3;3-4,15H,5-7H2,1-2H3;3-4,6H,5,7H2,1-2H3;3-5H,6-7H2,1-2H3;2-4,12H,5-6H2,1H3;2H,1H3;;;;/q;;;;;;;;+1;-1. The van der Waals surface area contributed by atoms with Crippen molar-refractivity contribution >= 4 is 104 Å². The zero-order valence-corrected chi connectivity index (χ0v) is 59.9. The minimum absolute atomic E-state index is 0. The molecule has 31 heteroatoms. The van der Waals surface area contributed by atoms with Crippen molar-refractivity contribution in [2.45, 2.75) is 140 Å². The molecule has 5 aliphatic heterocycles. The summed E-state index contributed by atoms with van der Waals surface area (Å²) >= 11 is 15.8. The van der Waals surface area contributed by atoms with E-state index in [1.807, 2.05) is 20.8 Å². The van der Waals surface area contributed by atoms with Gasteiger partial charge in [-0.3, -0.25) is 24.0 Å². The number of rotatable bonds is 13. The Morgan fingerprint density at radius 1 is 0.543 bits per heavy atom. The van der Waals surface area contributed by atoms with Gasteiger partial charge in [0.15, 0.2) is 6.29 Å². The van der Waals surface area contributed by atoms with E-state index in [1.165, 1.54) is 89.4 Å². The maximum absolute atomic E-state index is 13.4. The molecule has 18 nitrogen and oxygen atoms in total. The SMILES string of the molecule is CC(=O)OCC1(C)Cc2cc(F)cc(C=O)c2O1.CC(=O)OCC1(C)Cc2cc(F)cc(CCl)c2O1.CC(=O)OCC1(C)Cc2cc(F)cc(CO)c2O1.CC(=O)OCC1(C)Cc2cc(F)ccc2O1.CC1(CO)Cc2cc(F)ccc2O1.COC(Cl)Cl.O=S(Cl)Cl.[B].[H-].[Na+]. The summed E-state index contributed by atoms with van der Waals surface area (Å²) in [7, 11) is 8.79. The van der Waals surface area contributed by atoms with E-state index in [1.54, 1.807) is 26.0 Å². The van der Waals surface area contributed by atoms with Gasteiger partial charge in [0.05, 0.1) is 24.7 Å². The number of carbonyl (C=O) groups excluding carboxylic acids is 5. The van der Waals surface area contributed by atoms with Crippen LogP contribution in [0.2, 0.25) is 0 Å². The monoisotopic (exact) mass is 1450 g/mol. The van der Waals surface area contributed by atoms with E-state index in [-0.39, 0.29) is 126 Å². The number of halogens is 10. The van der Waals surface area contributed by atoms with Crippen LogP contribution in [0.1, 0.15) is 113 Å². The first-order valence-corrected chi connectivity index (χ1v) is 31.9. The van der Waals surface area contributed by atoms with E-state index >= 15 is 0 Å². The molecule has 5 aliphatic rings. The van der Waals surface area contributed by atoms with Crippen molar-refractivity contribution in [2.75, 3.05) is 40.1 Å². The molecule has 5 unspecified atom stereocenters. The van der Waals surface area contributed by atoms with E-state index in [0.29, 0.717) is 89.4 Å². The third-order valence-electron chi connectivity index (χ3n) is 13.5. The van der Waals surface area contributed by atoms with Crippen LogP contribution in [0.4, 0.5) is 22.0 Å². The Kier molecular flexibility index (Phi) is 34.4. The number of alkyl halides is 3. The molecule has 3 radical (unpaired) electrons. The van der Waals surface area contributed by atoms with Gasteiger partial charge in [0.25, 0.3) is 0 Å². The molecule has 2 N–H and O–H groups in total. The zero-order valence-electron chi connectivity index (χ0n) is 54.3. The fraction of sp³-hybridized carbons (Fsp3) is 0.444. The second-order valence-corrected chi connectivity index (χ2v) is 26.4. The fourth-order valence-electron chi connectivity index (χ4n) is 9.65. The first-order valence-electron chi connectivity index (χ1n) is 27.7. The summed E-state index contributed by atoms with van der Waals surface area (Å²) < 4.78 is 127. The summed E-state index contributed by atoms with van der Waals surface area (Å²) in [6.07, 6.45) is 3.01. The summed E-state index contributed by atoms with van der Waals surface area (Å²) in [5.41, 5.74) is 1.67. The number of aliphatic hydroxyl groups excluding tert-OH is 2. The van der Waals surface area contributed by atoms with Crippen molar-refractivity contribution in [3.63, 3.8) is 0 Å². The van der Waals surface area contributed by atoms with Crippen molar-refractivity contribution in [3.05, 3.63) is 146 Å².